The van der Waals surface area contributed by atoms with Gasteiger partial charge in [-0.2, -0.15) is 5.10 Å². The molecule has 0 spiro atoms. The van der Waals surface area contributed by atoms with Crippen LogP contribution < -0.4 is 0 Å². The number of halogens is 1. The Bertz CT molecular complexity index is 387. The highest BCUT2D eigenvalue weighted by Gasteiger charge is 2.04. The maximum atomic E-state index is 6.06. The maximum Gasteiger partial charge on any atom is 0.0860 e. The molecule has 0 N–H and O–H groups in total. The van der Waals surface area contributed by atoms with E-state index < -0.39 is 0 Å². The molecule has 1 heterocycles. The van der Waals surface area contributed by atoms with Gasteiger partial charge in [0.1, 0.15) is 0 Å². The fourth-order valence-corrected chi connectivity index (χ4v) is 1.62. The summed E-state index contributed by atoms with van der Waals surface area (Å²) in [6, 6.07) is 7.70. The Morgan fingerprint density at radius 2 is 2.15 bits per heavy atom. The van der Waals surface area contributed by atoms with E-state index in [1.165, 1.54) is 0 Å². The van der Waals surface area contributed by atoms with Crippen LogP contribution in [0.25, 0.3) is 5.69 Å². The molecule has 13 heavy (non-hydrogen) atoms. The van der Waals surface area contributed by atoms with Crippen LogP contribution in [0.3, 0.4) is 0 Å². The fraction of sp³-hybridized carbons (Fsp3) is 0.100. The summed E-state index contributed by atoms with van der Waals surface area (Å²) in [4.78, 5) is 0. The third-order valence-electron chi connectivity index (χ3n) is 1.92. The van der Waals surface area contributed by atoms with Gasteiger partial charge in [-0.3, -0.25) is 0 Å². The van der Waals surface area contributed by atoms with Gasteiger partial charge >= 0.3 is 0 Å². The van der Waals surface area contributed by atoms with Crippen LogP contribution in [0.15, 0.2) is 36.7 Å². The van der Waals surface area contributed by atoms with Gasteiger partial charge in [-0.25, -0.2) is 4.68 Å². The highest BCUT2D eigenvalue weighted by molar-refractivity contribution is 6.32. The van der Waals surface area contributed by atoms with E-state index in [0.29, 0.717) is 0 Å². The third kappa shape index (κ3) is 1.45. The standard InChI is InChI=1S/C10H9ClN2/c1-8-4-2-5-9(11)10(8)13-7-3-6-12-13/h2-7H,1H3. The Morgan fingerprint density at radius 3 is 2.77 bits per heavy atom. The fourth-order valence-electron chi connectivity index (χ4n) is 1.31. The molecule has 0 aliphatic carbocycles. The zero-order chi connectivity index (χ0) is 9.26. The van der Waals surface area contributed by atoms with Crippen LogP contribution in [-0.2, 0) is 0 Å². The molecule has 0 aliphatic heterocycles. The van der Waals surface area contributed by atoms with Crippen molar-refractivity contribution < 1.29 is 0 Å². The number of nitrogens with zero attached hydrogens (tertiary/aromatic N) is 2. The lowest BCUT2D eigenvalue weighted by Crippen LogP contribution is -1.97. The summed E-state index contributed by atoms with van der Waals surface area (Å²) in [6.45, 7) is 2.02. The Balaban J connectivity index is 2.64. The van der Waals surface area contributed by atoms with Gasteiger partial charge in [-0.1, -0.05) is 23.7 Å². The van der Waals surface area contributed by atoms with E-state index in [4.69, 9.17) is 11.6 Å². The van der Waals surface area contributed by atoms with Crippen LogP contribution in [0.4, 0.5) is 0 Å². The van der Waals surface area contributed by atoms with Crippen molar-refractivity contribution in [3.8, 4) is 5.69 Å². The zero-order valence-corrected chi connectivity index (χ0v) is 7.99. The molecule has 2 aromatic rings. The second-order valence-electron chi connectivity index (χ2n) is 2.86. The predicted octanol–water partition coefficient (Wildman–Crippen LogP) is 2.83. The molecule has 0 aliphatic rings. The van der Waals surface area contributed by atoms with Gasteiger partial charge in [0.15, 0.2) is 0 Å². The van der Waals surface area contributed by atoms with E-state index in [1.807, 2.05) is 37.4 Å². The minimum absolute atomic E-state index is 0.726. The Labute approximate surface area is 81.8 Å². The van der Waals surface area contributed by atoms with Crippen molar-refractivity contribution in [2.45, 2.75) is 6.92 Å². The van der Waals surface area contributed by atoms with Crippen molar-refractivity contribution in [2.75, 3.05) is 0 Å². The Kier molecular flexibility index (Phi) is 2.07. The summed E-state index contributed by atoms with van der Waals surface area (Å²) in [5.74, 6) is 0. The first-order valence-electron chi connectivity index (χ1n) is 4.04. The SMILES string of the molecule is Cc1cccc(Cl)c1-n1cccn1. The van der Waals surface area contributed by atoms with Crippen molar-refractivity contribution in [1.82, 2.24) is 9.78 Å². The summed E-state index contributed by atoms with van der Waals surface area (Å²) in [7, 11) is 0. The molecule has 0 atom stereocenters. The number of para-hydroxylation sites is 1. The number of benzene rings is 1. The molecule has 2 nitrogen and oxygen atoms in total. The number of rotatable bonds is 1. The molecule has 0 saturated heterocycles. The smallest absolute Gasteiger partial charge is 0.0860 e. The van der Waals surface area contributed by atoms with E-state index >= 15 is 0 Å². The van der Waals surface area contributed by atoms with Gasteiger partial charge in [0.05, 0.1) is 10.7 Å². The number of hydrogen-bond acceptors (Lipinski definition) is 1. The van der Waals surface area contributed by atoms with E-state index in [-0.39, 0.29) is 0 Å². The van der Waals surface area contributed by atoms with Gasteiger partial charge < -0.3 is 0 Å². The number of aromatic nitrogens is 2. The van der Waals surface area contributed by atoms with Crippen LogP contribution in [0.5, 0.6) is 0 Å². The third-order valence-corrected chi connectivity index (χ3v) is 2.23. The monoisotopic (exact) mass is 192 g/mol. The lowest BCUT2D eigenvalue weighted by molar-refractivity contribution is 0.873. The van der Waals surface area contributed by atoms with Crippen molar-refractivity contribution in [3.63, 3.8) is 0 Å². The average molecular weight is 193 g/mol. The maximum absolute atomic E-state index is 6.06. The molecule has 2 rings (SSSR count). The molecule has 0 unspecified atom stereocenters. The molecule has 0 amide bonds. The quantitative estimate of drug-likeness (QED) is 0.680. The summed E-state index contributed by atoms with van der Waals surface area (Å²) < 4.78 is 1.78. The first kappa shape index (κ1) is 8.32. The van der Waals surface area contributed by atoms with Crippen LogP contribution >= 0.6 is 11.6 Å². The minimum atomic E-state index is 0.726. The highest BCUT2D eigenvalue weighted by atomic mass is 35.5. The first-order chi connectivity index (χ1) is 6.29. The highest BCUT2D eigenvalue weighted by Crippen LogP contribution is 2.22. The van der Waals surface area contributed by atoms with Crippen molar-refractivity contribution in [1.29, 1.82) is 0 Å². The van der Waals surface area contributed by atoms with Crippen LogP contribution in [0, 0.1) is 6.92 Å². The molecule has 0 fully saturated rings. The van der Waals surface area contributed by atoms with Gasteiger partial charge in [0.2, 0.25) is 0 Å². The summed E-state index contributed by atoms with van der Waals surface area (Å²) in [6.07, 6.45) is 3.62. The molecule has 1 aromatic heterocycles. The molecular formula is C10H9ClN2. The second-order valence-corrected chi connectivity index (χ2v) is 3.26. The van der Waals surface area contributed by atoms with Gasteiger partial charge in [-0.05, 0) is 24.6 Å². The predicted molar refractivity (Wildman–Crippen MR) is 53.3 cm³/mol. The summed E-state index contributed by atoms with van der Waals surface area (Å²) >= 11 is 6.06. The lowest BCUT2D eigenvalue weighted by atomic mass is 10.2. The van der Waals surface area contributed by atoms with Crippen molar-refractivity contribution in [3.05, 3.63) is 47.2 Å². The minimum Gasteiger partial charge on any atom is -0.239 e. The number of hydrogen-bond donors (Lipinski definition) is 0. The van der Waals surface area contributed by atoms with Crippen LogP contribution in [-0.4, -0.2) is 9.78 Å². The summed E-state index contributed by atoms with van der Waals surface area (Å²) in [5.41, 5.74) is 2.07. The van der Waals surface area contributed by atoms with E-state index in [1.54, 1.807) is 10.9 Å². The molecule has 0 bridgehead atoms. The average Bonchev–Trinajstić information content (AvgIpc) is 2.57. The second kappa shape index (κ2) is 3.23. The van der Waals surface area contributed by atoms with Gasteiger partial charge in [-0.15, -0.1) is 0 Å². The largest absolute Gasteiger partial charge is 0.239 e. The number of aryl methyl sites for hydroxylation is 1. The molecule has 0 saturated carbocycles. The first-order valence-corrected chi connectivity index (χ1v) is 4.42. The topological polar surface area (TPSA) is 17.8 Å². The van der Waals surface area contributed by atoms with Crippen LogP contribution in [0.1, 0.15) is 5.56 Å². The van der Waals surface area contributed by atoms with E-state index in [0.717, 1.165) is 16.3 Å². The van der Waals surface area contributed by atoms with Crippen molar-refractivity contribution >= 4 is 11.6 Å². The molecule has 1 aromatic carbocycles. The van der Waals surface area contributed by atoms with Gasteiger partial charge in [0, 0.05) is 12.4 Å². The van der Waals surface area contributed by atoms with Gasteiger partial charge in [0.25, 0.3) is 0 Å². The van der Waals surface area contributed by atoms with Crippen molar-refractivity contribution in [2.24, 2.45) is 0 Å². The molecule has 0 radical (unpaired) electrons. The van der Waals surface area contributed by atoms with Crippen LogP contribution in [0.2, 0.25) is 5.02 Å². The lowest BCUT2D eigenvalue weighted by Gasteiger charge is -2.07. The van der Waals surface area contributed by atoms with E-state index in [2.05, 4.69) is 5.10 Å². The normalized spacial score (nSPS) is 10.3. The zero-order valence-electron chi connectivity index (χ0n) is 7.24. The molecule has 3 heteroatoms. The van der Waals surface area contributed by atoms with E-state index in [9.17, 15) is 0 Å². The Morgan fingerprint density at radius 1 is 1.31 bits per heavy atom. The molecule has 66 valence electrons. The Hall–Kier alpha value is -1.28. The molecular weight excluding hydrogens is 184 g/mol. The summed E-state index contributed by atoms with van der Waals surface area (Å²) in [5, 5.41) is 4.87.